The first-order valence-electron chi connectivity index (χ1n) is 22.2. The van der Waals surface area contributed by atoms with Gasteiger partial charge in [0.1, 0.15) is 26.4 Å². The average molecular weight is 1770 g/mol. The first-order chi connectivity index (χ1) is 36.3. The van der Waals surface area contributed by atoms with Crippen LogP contribution in [0.25, 0.3) is 0 Å². The molecule has 0 heterocycles. The standard InChI is InChI=1S/C45H50I6N6O21/c1-17(58)71-13-25(75-21(5)62)9-53-41(66)29-33(46)30(42(67)54-10-26(76-22(6)63)14-72-18(2)59)36(49)39(35(29)48)57(45(52)70)40-37(50)31(43(68)55-11-27(77-23(7)64)15-73-19(3)60)34(47)32(38(40)51)44(69)56-12-28(78-24(8)65)16-74-20(4)61/h25-28H,9-16H2,1-8H3,(H2,52,70)(H,53,66)(H,54,67)(H,55,68)(H,56,69). The van der Waals surface area contributed by atoms with Crippen molar-refractivity contribution in [2.24, 2.45) is 5.73 Å². The molecule has 78 heavy (non-hydrogen) atoms. The maximum atomic E-state index is 14.6. The molecule has 0 aliphatic rings. The van der Waals surface area contributed by atoms with Crippen LogP contribution in [0.4, 0.5) is 16.2 Å². The minimum absolute atomic E-state index is 0.0584. The molecule has 0 radical (unpaired) electrons. The lowest BCUT2D eigenvalue weighted by Crippen LogP contribution is -2.41. The molecule has 0 saturated carbocycles. The van der Waals surface area contributed by atoms with E-state index in [1.807, 2.05) is 0 Å². The molecule has 0 saturated heterocycles. The molecule has 6 N–H and O–H groups in total. The number of anilines is 2. The van der Waals surface area contributed by atoms with E-state index in [1.54, 1.807) is 136 Å². The minimum Gasteiger partial charge on any atom is -0.462 e. The largest absolute Gasteiger partial charge is 0.462 e. The van der Waals surface area contributed by atoms with Gasteiger partial charge in [0.05, 0.1) is 74.1 Å². The van der Waals surface area contributed by atoms with E-state index in [1.165, 1.54) is 0 Å². The molecule has 4 atom stereocenters. The Bertz CT molecular complexity index is 2390. The number of esters is 8. The van der Waals surface area contributed by atoms with E-state index < -0.39 is 154 Å². The summed E-state index contributed by atoms with van der Waals surface area (Å²) in [6, 6.07) is -1.32. The number of nitrogens with one attached hydrogen (secondary N) is 4. The van der Waals surface area contributed by atoms with Gasteiger partial charge in [0.2, 0.25) is 0 Å². The van der Waals surface area contributed by atoms with Gasteiger partial charge in [-0.25, -0.2) is 4.79 Å². The van der Waals surface area contributed by atoms with Gasteiger partial charge < -0.3 is 64.9 Å². The topological polar surface area (TPSA) is 373 Å². The Balaban J connectivity index is 3.22. The molecule has 0 aromatic heterocycles. The zero-order valence-electron chi connectivity index (χ0n) is 42.3. The highest BCUT2D eigenvalue weighted by atomic mass is 127. The third kappa shape index (κ3) is 22.0. The van der Waals surface area contributed by atoms with Gasteiger partial charge in [0.25, 0.3) is 23.6 Å². The van der Waals surface area contributed by atoms with E-state index in [4.69, 9.17) is 43.6 Å². The SMILES string of the molecule is CC(=O)OCC(CNC(=O)c1c(I)c(C(=O)NCC(COC(C)=O)OC(C)=O)c(I)c(N(C(N)=O)c2c(I)c(C(=O)NCC(COC(C)=O)OC(C)=O)c(I)c(C(=O)NCC(COC(C)=O)OC(C)=O)c2I)c1I)OC(C)=O. The van der Waals surface area contributed by atoms with Crippen molar-refractivity contribution in [1.82, 2.24) is 21.3 Å². The average Bonchev–Trinajstić information content (AvgIpc) is 3.31. The molecule has 0 aliphatic carbocycles. The Morgan fingerprint density at radius 1 is 0.359 bits per heavy atom. The molecule has 0 fully saturated rings. The van der Waals surface area contributed by atoms with E-state index in [-0.39, 0.29) is 55.0 Å². The third-order valence-electron chi connectivity index (χ3n) is 9.35. The van der Waals surface area contributed by atoms with Crippen LogP contribution in [0.2, 0.25) is 0 Å². The highest BCUT2D eigenvalue weighted by molar-refractivity contribution is 14.1. The second-order valence-corrected chi connectivity index (χ2v) is 22.2. The Kier molecular flexibility index (Phi) is 30.0. The number of primary amides is 1. The number of urea groups is 1. The van der Waals surface area contributed by atoms with E-state index in [0.29, 0.717) is 0 Å². The molecule has 428 valence electrons. The fraction of sp³-hybridized carbons (Fsp3) is 0.444. The van der Waals surface area contributed by atoms with Crippen molar-refractivity contribution in [1.29, 1.82) is 0 Å². The highest BCUT2D eigenvalue weighted by Crippen LogP contribution is 2.46. The zero-order valence-corrected chi connectivity index (χ0v) is 55.3. The van der Waals surface area contributed by atoms with Gasteiger partial charge in [-0.15, -0.1) is 0 Å². The second kappa shape index (κ2) is 33.5. The van der Waals surface area contributed by atoms with Gasteiger partial charge >= 0.3 is 53.8 Å². The second-order valence-electron chi connectivity index (χ2n) is 15.7. The zero-order chi connectivity index (χ0) is 59.5. The summed E-state index contributed by atoms with van der Waals surface area (Å²) < 4.78 is 40.6. The Hall–Kier alpha value is -4.27. The van der Waals surface area contributed by atoms with Gasteiger partial charge in [0, 0.05) is 62.5 Å². The van der Waals surface area contributed by atoms with Crippen molar-refractivity contribution < 1.29 is 100 Å². The number of carbonyl (C=O) groups is 13. The van der Waals surface area contributed by atoms with Gasteiger partial charge in [-0.3, -0.25) is 62.4 Å². The molecule has 2 aromatic carbocycles. The summed E-state index contributed by atoms with van der Waals surface area (Å²) in [5.74, 6) is -9.89. The van der Waals surface area contributed by atoms with Crippen molar-refractivity contribution in [3.05, 3.63) is 43.7 Å². The fourth-order valence-corrected chi connectivity index (χ4v) is 15.6. The van der Waals surface area contributed by atoms with Crippen LogP contribution in [0, 0.1) is 21.4 Å². The maximum absolute atomic E-state index is 14.6. The number of carbonyl (C=O) groups excluding carboxylic acids is 13. The number of nitrogens with zero attached hydrogens (tertiary/aromatic N) is 1. The predicted molar refractivity (Wildman–Crippen MR) is 319 cm³/mol. The van der Waals surface area contributed by atoms with E-state index >= 15 is 0 Å². The van der Waals surface area contributed by atoms with Crippen molar-refractivity contribution in [2.45, 2.75) is 79.8 Å². The van der Waals surface area contributed by atoms with Gasteiger partial charge in [-0.1, -0.05) is 0 Å². The quantitative estimate of drug-likeness (QED) is 0.0511. The Morgan fingerprint density at radius 2 is 0.551 bits per heavy atom. The summed E-state index contributed by atoms with van der Waals surface area (Å²) in [4.78, 5) is 168. The third-order valence-corrected chi connectivity index (χ3v) is 15.7. The molecule has 0 bridgehead atoms. The fourth-order valence-electron chi connectivity index (χ4n) is 6.32. The molecule has 6 amide bonds. The summed E-state index contributed by atoms with van der Waals surface area (Å²) >= 11 is 10.3. The first-order valence-corrected chi connectivity index (χ1v) is 28.6. The predicted octanol–water partition coefficient (Wildman–Crippen LogP) is 3.43. The lowest BCUT2D eigenvalue weighted by Gasteiger charge is -2.30. The van der Waals surface area contributed by atoms with Crippen LogP contribution < -0.4 is 31.9 Å². The molecule has 4 unspecified atom stereocenters. The molecule has 0 aliphatic heterocycles. The lowest BCUT2D eigenvalue weighted by atomic mass is 10.0. The van der Waals surface area contributed by atoms with Crippen LogP contribution in [0.15, 0.2) is 0 Å². The van der Waals surface area contributed by atoms with Crippen LogP contribution in [-0.4, -0.2) is 154 Å². The van der Waals surface area contributed by atoms with E-state index in [0.717, 1.165) is 60.3 Å². The summed E-state index contributed by atoms with van der Waals surface area (Å²) in [6.07, 6.45) is -4.91. The Morgan fingerprint density at radius 3 is 0.705 bits per heavy atom. The van der Waals surface area contributed by atoms with Crippen molar-refractivity contribution in [3.63, 3.8) is 0 Å². The lowest BCUT2D eigenvalue weighted by molar-refractivity contribution is -0.155. The van der Waals surface area contributed by atoms with Crippen LogP contribution in [0.5, 0.6) is 0 Å². The number of hydrogen-bond acceptors (Lipinski definition) is 21. The first kappa shape index (κ1) is 69.8. The molecule has 33 heteroatoms. The Labute approximate surface area is 526 Å². The number of benzene rings is 2. The normalized spacial score (nSPS) is 12.1. The number of ether oxygens (including phenoxy) is 8. The summed E-state index contributed by atoms with van der Waals surface area (Å²) in [5.41, 5.74) is 4.52. The van der Waals surface area contributed by atoms with Crippen molar-refractivity contribution in [3.8, 4) is 0 Å². The minimum atomic E-state index is -1.32. The molecule has 2 aromatic rings. The van der Waals surface area contributed by atoms with Crippen molar-refractivity contribution >= 4 is 224 Å². The summed E-state index contributed by atoms with van der Waals surface area (Å²) in [7, 11) is 0. The smallest absolute Gasteiger partial charge is 0.324 e. The maximum Gasteiger partial charge on any atom is 0.324 e. The van der Waals surface area contributed by atoms with Crippen LogP contribution in [0.1, 0.15) is 96.8 Å². The number of amides is 6. The monoisotopic (exact) mass is 1770 g/mol. The van der Waals surface area contributed by atoms with Crippen LogP contribution in [0.3, 0.4) is 0 Å². The molecule has 27 nitrogen and oxygen atoms in total. The summed E-state index contributed by atoms with van der Waals surface area (Å²) in [6.45, 7) is 4.93. The van der Waals surface area contributed by atoms with Crippen LogP contribution in [-0.2, 0) is 76.3 Å². The number of rotatable bonds is 26. The summed E-state index contributed by atoms with van der Waals surface area (Å²) in [5, 5.41) is 10.4. The molecular formula is C45H50I6N6O21. The van der Waals surface area contributed by atoms with Crippen molar-refractivity contribution in [2.75, 3.05) is 57.5 Å². The highest BCUT2D eigenvalue weighted by Gasteiger charge is 2.38. The molecular weight excluding hydrogens is 1720 g/mol. The van der Waals surface area contributed by atoms with Crippen LogP contribution >= 0.6 is 136 Å². The number of hydrogen-bond donors (Lipinski definition) is 5. The van der Waals surface area contributed by atoms with E-state index in [9.17, 15) is 62.3 Å². The van der Waals surface area contributed by atoms with Gasteiger partial charge in [-0.2, -0.15) is 0 Å². The molecule has 2 rings (SSSR count). The molecule has 0 spiro atoms. The van der Waals surface area contributed by atoms with E-state index in [2.05, 4.69) is 21.3 Å². The van der Waals surface area contributed by atoms with Gasteiger partial charge in [0.15, 0.2) is 24.4 Å². The van der Waals surface area contributed by atoms with Gasteiger partial charge in [-0.05, 0) is 136 Å². The number of halogens is 6. The number of nitrogens with two attached hydrogens (primary N) is 1.